The van der Waals surface area contributed by atoms with Crippen molar-refractivity contribution in [2.75, 3.05) is 6.54 Å². The first-order chi connectivity index (χ1) is 10.2. The molecular formula is C18H27Cl2N. The first kappa shape index (κ1) is 17.1. The van der Waals surface area contributed by atoms with Crippen molar-refractivity contribution in [3.05, 3.63) is 33.8 Å². The Morgan fingerprint density at radius 2 is 1.86 bits per heavy atom. The Morgan fingerprint density at radius 3 is 2.48 bits per heavy atom. The highest BCUT2D eigenvalue weighted by Crippen LogP contribution is 2.40. The fraction of sp³-hybridized carbons (Fsp3) is 0.667. The molecule has 0 radical (unpaired) electrons. The predicted octanol–water partition coefficient (Wildman–Crippen LogP) is 6.25. The fourth-order valence-electron chi connectivity index (χ4n) is 3.72. The summed E-state index contributed by atoms with van der Waals surface area (Å²) in [5.41, 5.74) is 1.17. The summed E-state index contributed by atoms with van der Waals surface area (Å²) in [7, 11) is 0. The van der Waals surface area contributed by atoms with Crippen LogP contribution in [-0.4, -0.2) is 6.54 Å². The lowest BCUT2D eigenvalue weighted by atomic mass is 9.75. The van der Waals surface area contributed by atoms with Crippen molar-refractivity contribution in [2.24, 2.45) is 11.8 Å². The molecule has 1 atom stereocenters. The van der Waals surface area contributed by atoms with Crippen molar-refractivity contribution in [1.82, 2.24) is 5.32 Å². The van der Waals surface area contributed by atoms with Gasteiger partial charge in [0.1, 0.15) is 0 Å². The third-order valence-electron chi connectivity index (χ3n) is 4.78. The van der Waals surface area contributed by atoms with Crippen molar-refractivity contribution in [2.45, 2.75) is 58.4 Å². The van der Waals surface area contributed by atoms with Crippen LogP contribution in [0.25, 0.3) is 0 Å². The molecule has 21 heavy (non-hydrogen) atoms. The van der Waals surface area contributed by atoms with E-state index in [1.165, 1.54) is 44.1 Å². The molecule has 1 aliphatic carbocycles. The summed E-state index contributed by atoms with van der Waals surface area (Å²) in [6.45, 7) is 5.41. The molecular weight excluding hydrogens is 301 g/mol. The highest BCUT2D eigenvalue weighted by atomic mass is 35.5. The summed E-state index contributed by atoms with van der Waals surface area (Å²) < 4.78 is 0. The Hall–Kier alpha value is -0.240. The Labute approximate surface area is 139 Å². The van der Waals surface area contributed by atoms with Gasteiger partial charge in [-0.2, -0.15) is 0 Å². The summed E-state index contributed by atoms with van der Waals surface area (Å²) >= 11 is 12.6. The number of benzene rings is 1. The van der Waals surface area contributed by atoms with Crippen molar-refractivity contribution < 1.29 is 0 Å². The molecule has 1 nitrogen and oxygen atoms in total. The smallest absolute Gasteiger partial charge is 0.0454 e. The topological polar surface area (TPSA) is 12.0 Å². The average Bonchev–Trinajstić information content (AvgIpc) is 2.49. The van der Waals surface area contributed by atoms with Crippen LogP contribution >= 0.6 is 23.2 Å². The molecule has 1 aromatic carbocycles. The molecule has 2 rings (SSSR count). The first-order valence-electron chi connectivity index (χ1n) is 8.34. The van der Waals surface area contributed by atoms with E-state index in [4.69, 9.17) is 23.2 Å². The molecule has 0 spiro atoms. The van der Waals surface area contributed by atoms with Gasteiger partial charge in [0.15, 0.2) is 0 Å². The zero-order valence-corrected chi connectivity index (χ0v) is 14.7. The Morgan fingerprint density at radius 1 is 1.14 bits per heavy atom. The zero-order chi connectivity index (χ0) is 15.2. The van der Waals surface area contributed by atoms with Gasteiger partial charge in [-0.25, -0.2) is 0 Å². The van der Waals surface area contributed by atoms with E-state index in [2.05, 4.69) is 19.2 Å². The fourth-order valence-corrected chi connectivity index (χ4v) is 4.14. The van der Waals surface area contributed by atoms with Crippen LogP contribution in [0.1, 0.15) is 64.0 Å². The molecule has 0 heterocycles. The summed E-state index contributed by atoms with van der Waals surface area (Å²) in [6.07, 6.45) is 8.01. The molecule has 0 amide bonds. The second-order valence-electron chi connectivity index (χ2n) is 6.27. The van der Waals surface area contributed by atoms with Gasteiger partial charge in [-0.3, -0.25) is 0 Å². The van der Waals surface area contributed by atoms with Gasteiger partial charge in [0.25, 0.3) is 0 Å². The van der Waals surface area contributed by atoms with Crippen molar-refractivity contribution in [3.8, 4) is 0 Å². The van der Waals surface area contributed by atoms with Crippen LogP contribution in [-0.2, 0) is 0 Å². The van der Waals surface area contributed by atoms with Gasteiger partial charge < -0.3 is 5.32 Å². The number of halogens is 2. The Kier molecular flexibility index (Phi) is 6.85. The van der Waals surface area contributed by atoms with Crippen LogP contribution in [0.2, 0.25) is 10.0 Å². The number of hydrogen-bond acceptors (Lipinski definition) is 1. The van der Waals surface area contributed by atoms with Crippen LogP contribution < -0.4 is 5.32 Å². The maximum absolute atomic E-state index is 6.43. The van der Waals surface area contributed by atoms with Gasteiger partial charge in [0, 0.05) is 16.1 Å². The van der Waals surface area contributed by atoms with E-state index < -0.39 is 0 Å². The molecule has 1 aromatic rings. The molecule has 0 saturated heterocycles. The van der Waals surface area contributed by atoms with Gasteiger partial charge >= 0.3 is 0 Å². The highest BCUT2D eigenvalue weighted by Gasteiger charge is 2.29. The van der Waals surface area contributed by atoms with Gasteiger partial charge in [-0.1, -0.05) is 62.7 Å². The predicted molar refractivity (Wildman–Crippen MR) is 93.2 cm³/mol. The lowest BCUT2D eigenvalue weighted by Gasteiger charge is -2.35. The third kappa shape index (κ3) is 4.61. The second-order valence-corrected chi connectivity index (χ2v) is 7.11. The van der Waals surface area contributed by atoms with E-state index in [0.29, 0.717) is 12.0 Å². The van der Waals surface area contributed by atoms with Crippen molar-refractivity contribution in [3.63, 3.8) is 0 Å². The number of nitrogens with one attached hydrogen (secondary N) is 1. The molecule has 118 valence electrons. The zero-order valence-electron chi connectivity index (χ0n) is 13.2. The van der Waals surface area contributed by atoms with E-state index in [-0.39, 0.29) is 0 Å². The maximum Gasteiger partial charge on any atom is 0.0454 e. The third-order valence-corrected chi connectivity index (χ3v) is 5.36. The van der Waals surface area contributed by atoms with E-state index >= 15 is 0 Å². The minimum absolute atomic E-state index is 0.337. The summed E-state index contributed by atoms with van der Waals surface area (Å²) in [4.78, 5) is 0. The summed E-state index contributed by atoms with van der Waals surface area (Å²) in [5, 5.41) is 5.25. The molecule has 0 aromatic heterocycles. The Bertz CT molecular complexity index is 439. The normalized spacial score (nSPS) is 24.0. The molecule has 1 saturated carbocycles. The molecule has 3 heteroatoms. The van der Waals surface area contributed by atoms with Crippen molar-refractivity contribution >= 4 is 23.2 Å². The number of rotatable bonds is 6. The van der Waals surface area contributed by atoms with Gasteiger partial charge in [0.05, 0.1) is 0 Å². The van der Waals surface area contributed by atoms with E-state index in [9.17, 15) is 0 Å². The van der Waals surface area contributed by atoms with Crippen LogP contribution in [0.5, 0.6) is 0 Å². The molecule has 1 fully saturated rings. The molecule has 1 unspecified atom stereocenters. The molecule has 0 bridgehead atoms. The molecule has 1 N–H and O–H groups in total. The highest BCUT2D eigenvalue weighted by molar-refractivity contribution is 6.33. The summed E-state index contributed by atoms with van der Waals surface area (Å²) in [5.74, 6) is 1.61. The van der Waals surface area contributed by atoms with E-state index in [1.54, 1.807) is 0 Å². The van der Waals surface area contributed by atoms with Gasteiger partial charge in [-0.15, -0.1) is 0 Å². The van der Waals surface area contributed by atoms with E-state index in [1.807, 2.05) is 18.2 Å². The van der Waals surface area contributed by atoms with Crippen LogP contribution in [0.15, 0.2) is 18.2 Å². The van der Waals surface area contributed by atoms with Crippen LogP contribution in [0, 0.1) is 11.8 Å². The molecule has 0 aliphatic heterocycles. The van der Waals surface area contributed by atoms with Crippen molar-refractivity contribution in [1.29, 1.82) is 0 Å². The molecule has 1 aliphatic rings. The minimum atomic E-state index is 0.337. The summed E-state index contributed by atoms with van der Waals surface area (Å²) in [6, 6.07) is 6.17. The SMILES string of the molecule is CCCC1CCC(C(NCC)c2cc(Cl)ccc2Cl)CC1. The minimum Gasteiger partial charge on any atom is -0.310 e. The first-order valence-corrected chi connectivity index (χ1v) is 9.09. The second kappa shape index (κ2) is 8.41. The largest absolute Gasteiger partial charge is 0.310 e. The maximum atomic E-state index is 6.43. The van der Waals surface area contributed by atoms with Crippen LogP contribution in [0.3, 0.4) is 0 Å². The van der Waals surface area contributed by atoms with Crippen LogP contribution in [0.4, 0.5) is 0 Å². The lowest BCUT2D eigenvalue weighted by molar-refractivity contribution is 0.216. The van der Waals surface area contributed by atoms with Gasteiger partial charge in [-0.05, 0) is 55.0 Å². The quantitative estimate of drug-likeness (QED) is 0.651. The standard InChI is InChI=1S/C18H27Cl2N/c1-3-5-13-6-8-14(9-7-13)18(21-4-2)16-12-15(19)10-11-17(16)20/h10-14,18,21H,3-9H2,1-2H3. The number of hydrogen-bond donors (Lipinski definition) is 1. The average molecular weight is 328 g/mol. The monoisotopic (exact) mass is 327 g/mol. The lowest BCUT2D eigenvalue weighted by Crippen LogP contribution is -2.31. The van der Waals surface area contributed by atoms with Gasteiger partial charge in [0.2, 0.25) is 0 Å². The van der Waals surface area contributed by atoms with E-state index in [0.717, 1.165) is 22.5 Å². The Balaban J connectivity index is 2.11.